The fourth-order valence-electron chi connectivity index (χ4n) is 5.14. The molecule has 0 saturated heterocycles. The first kappa shape index (κ1) is 18.2. The lowest BCUT2D eigenvalue weighted by molar-refractivity contribution is -0.129. The minimum Gasteiger partial charge on any atom is -0.353 e. The Kier molecular flexibility index (Phi) is 5.85. The van der Waals surface area contributed by atoms with Crippen molar-refractivity contribution in [3.63, 3.8) is 0 Å². The summed E-state index contributed by atoms with van der Waals surface area (Å²) in [4.78, 5) is 12.9. The molecule has 4 atom stereocenters. The largest absolute Gasteiger partial charge is 0.353 e. The number of carbonyl (C=O) groups is 1. The molecule has 0 heterocycles. The van der Waals surface area contributed by atoms with Gasteiger partial charge in [-0.3, -0.25) is 4.79 Å². The van der Waals surface area contributed by atoms with Gasteiger partial charge in [0.25, 0.3) is 0 Å². The second kappa shape index (κ2) is 7.73. The third-order valence-corrected chi connectivity index (χ3v) is 7.05. The van der Waals surface area contributed by atoms with Crippen molar-refractivity contribution in [2.45, 2.75) is 82.7 Å². The number of rotatable bonds is 4. The number of nitrogens with one attached hydrogen (secondary N) is 2. The maximum atomic E-state index is 12.9. The first-order valence-electron chi connectivity index (χ1n) is 9.70. The molecule has 4 unspecified atom stereocenters. The summed E-state index contributed by atoms with van der Waals surface area (Å²) in [6.07, 6.45) is 13.5. The Morgan fingerprint density at radius 1 is 0.875 bits per heavy atom. The van der Waals surface area contributed by atoms with Crippen LogP contribution < -0.4 is 10.0 Å². The van der Waals surface area contributed by atoms with Crippen molar-refractivity contribution in [1.82, 2.24) is 10.0 Å². The van der Waals surface area contributed by atoms with E-state index in [2.05, 4.69) is 10.0 Å². The van der Waals surface area contributed by atoms with E-state index in [1.165, 1.54) is 51.2 Å². The molecule has 0 spiro atoms. The molecule has 3 aliphatic rings. The summed E-state index contributed by atoms with van der Waals surface area (Å²) in [6.45, 7) is 0. The van der Waals surface area contributed by atoms with Crippen molar-refractivity contribution in [2.75, 3.05) is 6.26 Å². The van der Waals surface area contributed by atoms with Crippen LogP contribution in [0.15, 0.2) is 0 Å². The summed E-state index contributed by atoms with van der Waals surface area (Å²) < 4.78 is 26.3. The summed E-state index contributed by atoms with van der Waals surface area (Å²) in [5.74, 6) is 1.04. The lowest BCUT2D eigenvalue weighted by Crippen LogP contribution is -2.53. The zero-order valence-corrected chi connectivity index (χ0v) is 15.6. The molecular weight excluding hydrogens is 324 g/mol. The Hall–Kier alpha value is -0.620. The first-order chi connectivity index (χ1) is 11.4. The monoisotopic (exact) mass is 356 g/mol. The summed E-state index contributed by atoms with van der Waals surface area (Å²) in [5, 5.41) is 3.23. The molecule has 0 aliphatic heterocycles. The Labute approximate surface area is 146 Å². The maximum Gasteiger partial charge on any atom is 0.224 e. The number of amides is 1. The molecule has 3 saturated carbocycles. The van der Waals surface area contributed by atoms with Crippen LogP contribution in [-0.4, -0.2) is 32.7 Å². The van der Waals surface area contributed by atoms with E-state index in [0.29, 0.717) is 11.8 Å². The molecule has 0 radical (unpaired) electrons. The van der Waals surface area contributed by atoms with E-state index in [9.17, 15) is 13.2 Å². The van der Waals surface area contributed by atoms with Crippen LogP contribution in [0.2, 0.25) is 0 Å². The second-order valence-electron chi connectivity index (χ2n) is 8.22. The Bertz CT molecular complexity index is 542. The summed E-state index contributed by atoms with van der Waals surface area (Å²) in [7, 11) is -3.29. The van der Waals surface area contributed by atoms with Crippen molar-refractivity contribution in [3.05, 3.63) is 0 Å². The van der Waals surface area contributed by atoms with Crippen LogP contribution in [0.25, 0.3) is 0 Å². The predicted molar refractivity (Wildman–Crippen MR) is 95.0 cm³/mol. The van der Waals surface area contributed by atoms with Gasteiger partial charge in [-0.2, -0.15) is 0 Å². The standard InChI is InChI=1S/C18H32N2O3S/c1-24(22,23)20-17-12-14-8-6-5-7-13(14)11-16(17)18(21)19-15-9-3-2-4-10-15/h13-17,20H,2-12H2,1H3,(H,19,21). The van der Waals surface area contributed by atoms with Gasteiger partial charge in [-0.25, -0.2) is 13.1 Å². The summed E-state index contributed by atoms with van der Waals surface area (Å²) in [6, 6.07) is 0.0529. The zero-order chi connectivity index (χ0) is 17.2. The van der Waals surface area contributed by atoms with Crippen molar-refractivity contribution < 1.29 is 13.2 Å². The van der Waals surface area contributed by atoms with Crippen LogP contribution in [0, 0.1) is 17.8 Å². The highest BCUT2D eigenvalue weighted by Crippen LogP contribution is 2.43. The highest BCUT2D eigenvalue weighted by Gasteiger charge is 2.42. The number of fused-ring (bicyclic) bond motifs is 1. The quantitative estimate of drug-likeness (QED) is 0.813. The number of sulfonamides is 1. The molecule has 0 bridgehead atoms. The van der Waals surface area contributed by atoms with Gasteiger partial charge in [0, 0.05) is 12.1 Å². The molecule has 5 nitrogen and oxygen atoms in total. The average Bonchev–Trinajstić information content (AvgIpc) is 2.53. The van der Waals surface area contributed by atoms with Gasteiger partial charge in [-0.05, 0) is 37.5 Å². The normalized spacial score (nSPS) is 35.2. The third-order valence-electron chi connectivity index (χ3n) is 6.32. The minimum absolute atomic E-state index is 0.0760. The second-order valence-corrected chi connectivity index (χ2v) is 10.0. The van der Waals surface area contributed by atoms with Crippen LogP contribution in [-0.2, 0) is 14.8 Å². The molecule has 24 heavy (non-hydrogen) atoms. The minimum atomic E-state index is -3.29. The molecular formula is C18H32N2O3S. The molecule has 0 aromatic rings. The number of hydrogen-bond acceptors (Lipinski definition) is 3. The van der Waals surface area contributed by atoms with Crippen molar-refractivity contribution >= 4 is 15.9 Å². The van der Waals surface area contributed by atoms with E-state index in [0.717, 1.165) is 25.7 Å². The van der Waals surface area contributed by atoms with E-state index < -0.39 is 10.0 Å². The van der Waals surface area contributed by atoms with E-state index in [1.807, 2.05) is 0 Å². The number of carbonyl (C=O) groups excluding carboxylic acids is 1. The van der Waals surface area contributed by atoms with Crippen molar-refractivity contribution in [1.29, 1.82) is 0 Å². The highest BCUT2D eigenvalue weighted by molar-refractivity contribution is 7.88. The van der Waals surface area contributed by atoms with Crippen molar-refractivity contribution in [3.8, 4) is 0 Å². The highest BCUT2D eigenvalue weighted by atomic mass is 32.2. The van der Waals surface area contributed by atoms with Gasteiger partial charge in [-0.1, -0.05) is 44.9 Å². The van der Waals surface area contributed by atoms with E-state index >= 15 is 0 Å². The van der Waals surface area contributed by atoms with E-state index in [4.69, 9.17) is 0 Å². The molecule has 3 rings (SSSR count). The van der Waals surface area contributed by atoms with Gasteiger partial charge >= 0.3 is 0 Å². The lowest BCUT2D eigenvalue weighted by Gasteiger charge is -2.43. The number of hydrogen-bond donors (Lipinski definition) is 2. The summed E-state index contributed by atoms with van der Waals surface area (Å²) >= 11 is 0. The lowest BCUT2D eigenvalue weighted by atomic mass is 9.65. The molecule has 1 amide bonds. The van der Waals surface area contributed by atoms with Gasteiger partial charge in [0.1, 0.15) is 0 Å². The molecule has 3 aliphatic carbocycles. The van der Waals surface area contributed by atoms with Crippen LogP contribution in [0.3, 0.4) is 0 Å². The fraction of sp³-hybridized carbons (Fsp3) is 0.944. The average molecular weight is 357 g/mol. The van der Waals surface area contributed by atoms with Crippen LogP contribution in [0.4, 0.5) is 0 Å². The summed E-state index contributed by atoms with van der Waals surface area (Å²) in [5.41, 5.74) is 0. The van der Waals surface area contributed by atoms with Gasteiger partial charge in [0.15, 0.2) is 0 Å². The predicted octanol–water partition coefficient (Wildman–Crippen LogP) is 2.57. The molecule has 3 fully saturated rings. The third kappa shape index (κ3) is 4.72. The molecule has 0 aromatic heterocycles. The first-order valence-corrected chi connectivity index (χ1v) is 11.6. The Morgan fingerprint density at radius 2 is 1.46 bits per heavy atom. The van der Waals surface area contributed by atoms with Crippen molar-refractivity contribution in [2.24, 2.45) is 17.8 Å². The van der Waals surface area contributed by atoms with Gasteiger partial charge in [0.05, 0.1) is 12.2 Å². The van der Waals surface area contributed by atoms with E-state index in [-0.39, 0.29) is 23.9 Å². The van der Waals surface area contributed by atoms with Gasteiger partial charge < -0.3 is 5.32 Å². The van der Waals surface area contributed by atoms with Crippen LogP contribution in [0.1, 0.15) is 70.6 Å². The van der Waals surface area contributed by atoms with Crippen LogP contribution in [0.5, 0.6) is 0 Å². The topological polar surface area (TPSA) is 75.3 Å². The van der Waals surface area contributed by atoms with E-state index in [1.54, 1.807) is 0 Å². The molecule has 0 aromatic carbocycles. The Morgan fingerprint density at radius 3 is 2.08 bits per heavy atom. The fourth-order valence-corrected chi connectivity index (χ4v) is 5.95. The van der Waals surface area contributed by atoms with Crippen LogP contribution >= 0.6 is 0 Å². The van der Waals surface area contributed by atoms with Gasteiger partial charge in [0.2, 0.25) is 15.9 Å². The molecule has 2 N–H and O–H groups in total. The zero-order valence-electron chi connectivity index (χ0n) is 14.8. The molecule has 6 heteroatoms. The SMILES string of the molecule is CS(=O)(=O)NC1CC2CCCCC2CC1C(=O)NC1CCCCC1. The van der Waals surface area contributed by atoms with Gasteiger partial charge in [-0.15, -0.1) is 0 Å². The maximum absolute atomic E-state index is 12.9. The molecule has 138 valence electrons. The Balaban J connectivity index is 1.69. The smallest absolute Gasteiger partial charge is 0.224 e.